The van der Waals surface area contributed by atoms with Crippen LogP contribution in [0.2, 0.25) is 0 Å². The molecule has 0 aliphatic rings. The van der Waals surface area contributed by atoms with E-state index in [1.807, 2.05) is 0 Å². The van der Waals surface area contributed by atoms with Crippen molar-refractivity contribution in [3.63, 3.8) is 0 Å². The summed E-state index contributed by atoms with van der Waals surface area (Å²) in [7, 11) is 0. The summed E-state index contributed by atoms with van der Waals surface area (Å²) in [5.41, 5.74) is 1.14. The van der Waals surface area contributed by atoms with E-state index in [4.69, 9.17) is 9.47 Å². The zero-order valence-electron chi connectivity index (χ0n) is 21.9. The molecule has 0 saturated heterocycles. The van der Waals surface area contributed by atoms with Crippen LogP contribution in [-0.4, -0.2) is 19.9 Å². The molecule has 0 aromatic heterocycles. The molecule has 1 rings (SSSR count). The van der Waals surface area contributed by atoms with Crippen LogP contribution in [0.3, 0.4) is 0 Å². The summed E-state index contributed by atoms with van der Waals surface area (Å²) in [5, 5.41) is 0. The van der Waals surface area contributed by atoms with Crippen LogP contribution in [0.5, 0.6) is 0 Å². The lowest BCUT2D eigenvalue weighted by Crippen LogP contribution is -2.34. The Balaban J connectivity index is 2.38. The Morgan fingerprint density at radius 1 is 0.606 bits per heavy atom. The Labute approximate surface area is 205 Å². The molecule has 0 heterocycles. The van der Waals surface area contributed by atoms with Gasteiger partial charge in [0.1, 0.15) is 0 Å². The number of alkyl halides is 1. The Morgan fingerprint density at radius 3 is 1.67 bits per heavy atom. The number of hydrogen-bond donors (Lipinski definition) is 0. The molecule has 0 N–H and O–H groups in total. The maximum Gasteiger partial charge on any atom is 0.194 e. The third kappa shape index (κ3) is 14.8. The zero-order valence-corrected chi connectivity index (χ0v) is 21.9. The van der Waals surface area contributed by atoms with Gasteiger partial charge in [-0.3, -0.25) is 4.39 Å². The van der Waals surface area contributed by atoms with E-state index >= 15 is 0 Å². The van der Waals surface area contributed by atoms with E-state index in [2.05, 4.69) is 44.2 Å². The number of unbranched alkanes of at least 4 members (excludes halogenated alkanes) is 15. The van der Waals surface area contributed by atoms with Crippen molar-refractivity contribution in [3.05, 3.63) is 35.9 Å². The van der Waals surface area contributed by atoms with Gasteiger partial charge in [-0.2, -0.15) is 0 Å². The molecule has 0 aliphatic carbocycles. The normalized spacial score (nSPS) is 13.3. The predicted molar refractivity (Wildman–Crippen MR) is 140 cm³/mol. The molecule has 0 saturated carbocycles. The molecule has 33 heavy (non-hydrogen) atoms. The van der Waals surface area contributed by atoms with E-state index in [-0.39, 0.29) is 6.67 Å². The number of hydrogen-bond acceptors (Lipinski definition) is 2. The molecule has 1 aromatic carbocycles. The summed E-state index contributed by atoms with van der Waals surface area (Å²) >= 11 is 0. The molecule has 3 heteroatoms. The first-order chi connectivity index (χ1) is 16.3. The van der Waals surface area contributed by atoms with Gasteiger partial charge in [0.2, 0.25) is 0 Å². The fourth-order valence-corrected chi connectivity index (χ4v) is 4.58. The predicted octanol–water partition coefficient (Wildman–Crippen LogP) is 9.90. The average Bonchev–Trinajstić information content (AvgIpc) is 2.84. The second-order valence-electron chi connectivity index (χ2n) is 9.50. The van der Waals surface area contributed by atoms with E-state index in [1.165, 1.54) is 64.2 Å². The van der Waals surface area contributed by atoms with Crippen LogP contribution in [0.4, 0.5) is 4.39 Å². The van der Waals surface area contributed by atoms with Gasteiger partial charge >= 0.3 is 0 Å². The van der Waals surface area contributed by atoms with Gasteiger partial charge in [-0.1, -0.05) is 127 Å². The Kier molecular flexibility index (Phi) is 19.7. The van der Waals surface area contributed by atoms with Crippen molar-refractivity contribution < 1.29 is 13.9 Å². The van der Waals surface area contributed by atoms with Crippen molar-refractivity contribution in [2.45, 2.75) is 135 Å². The fourth-order valence-electron chi connectivity index (χ4n) is 4.58. The first-order valence-corrected chi connectivity index (χ1v) is 14.2. The second kappa shape index (κ2) is 21.6. The Bertz CT molecular complexity index is 521. The fraction of sp³-hybridized carbons (Fsp3) is 0.800. The van der Waals surface area contributed by atoms with E-state index in [0.717, 1.165) is 57.1 Å². The molecule has 0 amide bonds. The molecule has 1 aromatic rings. The number of halogens is 1. The van der Waals surface area contributed by atoms with Gasteiger partial charge in [-0.25, -0.2) is 0 Å². The van der Waals surface area contributed by atoms with Crippen LogP contribution >= 0.6 is 0 Å². The minimum absolute atomic E-state index is 0.184. The minimum Gasteiger partial charge on any atom is -0.346 e. The second-order valence-corrected chi connectivity index (χ2v) is 9.50. The van der Waals surface area contributed by atoms with Gasteiger partial charge in [-0.05, 0) is 26.2 Å². The molecular formula is C30H53FO2. The number of benzene rings is 1. The zero-order chi connectivity index (χ0) is 23.9. The lowest BCUT2D eigenvalue weighted by Gasteiger charge is -2.34. The van der Waals surface area contributed by atoms with Crippen LogP contribution in [0, 0.1) is 0 Å². The molecule has 1 atom stereocenters. The highest BCUT2D eigenvalue weighted by Gasteiger charge is 2.33. The molecule has 0 fully saturated rings. The summed E-state index contributed by atoms with van der Waals surface area (Å²) in [6.45, 7) is 5.52. The van der Waals surface area contributed by atoms with Crippen LogP contribution in [0.15, 0.2) is 30.3 Å². The number of ether oxygens (including phenoxy) is 2. The van der Waals surface area contributed by atoms with E-state index in [9.17, 15) is 4.39 Å². The minimum atomic E-state index is -0.622. The standard InChI is InChI=1S/C30H53FO2/c1-3-5-6-7-8-9-10-11-12-15-21-26-30(32-4-2,29-24-19-18-20-25-29)33-28-23-17-14-13-16-22-27-31/h18-20,24-25H,3-17,21-23,26-28H2,1-2H3. The SMILES string of the molecule is CCCCCCCCCCCCCC(OCC)(OCCCCCCCCF)c1ccccc1. The lowest BCUT2D eigenvalue weighted by molar-refractivity contribution is -0.250. The summed E-state index contributed by atoms with van der Waals surface area (Å²) in [4.78, 5) is 0. The Hall–Kier alpha value is -0.930. The Morgan fingerprint density at radius 2 is 1.12 bits per heavy atom. The van der Waals surface area contributed by atoms with E-state index < -0.39 is 5.79 Å². The molecule has 1 unspecified atom stereocenters. The van der Waals surface area contributed by atoms with E-state index in [1.54, 1.807) is 0 Å². The summed E-state index contributed by atoms with van der Waals surface area (Å²) in [6.07, 6.45) is 21.9. The van der Waals surface area contributed by atoms with Crippen molar-refractivity contribution in [1.82, 2.24) is 0 Å². The third-order valence-electron chi connectivity index (χ3n) is 6.56. The van der Waals surface area contributed by atoms with Crippen molar-refractivity contribution in [2.24, 2.45) is 0 Å². The molecule has 0 spiro atoms. The van der Waals surface area contributed by atoms with E-state index in [0.29, 0.717) is 13.0 Å². The molecule has 192 valence electrons. The van der Waals surface area contributed by atoms with Gasteiger partial charge in [-0.15, -0.1) is 0 Å². The smallest absolute Gasteiger partial charge is 0.194 e. The van der Waals surface area contributed by atoms with Gasteiger partial charge in [0, 0.05) is 18.6 Å². The van der Waals surface area contributed by atoms with Gasteiger partial charge in [0.15, 0.2) is 5.79 Å². The monoisotopic (exact) mass is 464 g/mol. The highest BCUT2D eigenvalue weighted by molar-refractivity contribution is 5.20. The lowest BCUT2D eigenvalue weighted by atomic mass is 9.97. The van der Waals surface area contributed by atoms with Crippen LogP contribution in [0.1, 0.15) is 135 Å². The largest absolute Gasteiger partial charge is 0.346 e. The topological polar surface area (TPSA) is 18.5 Å². The average molecular weight is 465 g/mol. The summed E-state index contributed by atoms with van der Waals surface area (Å²) in [6, 6.07) is 10.5. The molecule has 0 radical (unpaired) electrons. The maximum absolute atomic E-state index is 12.2. The van der Waals surface area contributed by atoms with Crippen molar-refractivity contribution in [2.75, 3.05) is 19.9 Å². The first kappa shape index (κ1) is 30.1. The van der Waals surface area contributed by atoms with Crippen LogP contribution in [0.25, 0.3) is 0 Å². The third-order valence-corrected chi connectivity index (χ3v) is 6.56. The van der Waals surface area contributed by atoms with Crippen LogP contribution in [-0.2, 0) is 15.3 Å². The van der Waals surface area contributed by atoms with Crippen molar-refractivity contribution >= 4 is 0 Å². The molecule has 2 nitrogen and oxygen atoms in total. The highest BCUT2D eigenvalue weighted by Crippen LogP contribution is 2.34. The molecular weight excluding hydrogens is 411 g/mol. The molecule has 0 bridgehead atoms. The summed E-state index contributed by atoms with van der Waals surface area (Å²) < 4.78 is 25.0. The highest BCUT2D eigenvalue weighted by atomic mass is 19.1. The van der Waals surface area contributed by atoms with Gasteiger partial charge in [0.05, 0.1) is 13.3 Å². The van der Waals surface area contributed by atoms with Crippen LogP contribution < -0.4 is 0 Å². The number of rotatable bonds is 24. The molecule has 0 aliphatic heterocycles. The van der Waals surface area contributed by atoms with Gasteiger partial charge < -0.3 is 9.47 Å². The summed E-state index contributed by atoms with van der Waals surface area (Å²) in [5.74, 6) is -0.622. The van der Waals surface area contributed by atoms with Crippen molar-refractivity contribution in [3.8, 4) is 0 Å². The quantitative estimate of drug-likeness (QED) is 0.112. The van der Waals surface area contributed by atoms with Crippen molar-refractivity contribution in [1.29, 1.82) is 0 Å². The maximum atomic E-state index is 12.2. The first-order valence-electron chi connectivity index (χ1n) is 14.2. The van der Waals surface area contributed by atoms with Gasteiger partial charge in [0.25, 0.3) is 0 Å².